The zero-order valence-electron chi connectivity index (χ0n) is 12.7. The predicted molar refractivity (Wildman–Crippen MR) is 78.6 cm³/mol. The molecule has 0 saturated heterocycles. The monoisotopic (exact) mass is 322 g/mol. The van der Waals surface area contributed by atoms with E-state index in [1.54, 1.807) is 36.9 Å². The van der Waals surface area contributed by atoms with Gasteiger partial charge in [-0.25, -0.2) is 13.6 Å². The highest BCUT2D eigenvalue weighted by atomic mass is 19.1. The first-order valence-corrected chi connectivity index (χ1v) is 6.91. The van der Waals surface area contributed by atoms with Gasteiger partial charge in [0.2, 0.25) is 0 Å². The summed E-state index contributed by atoms with van der Waals surface area (Å²) in [5, 5.41) is 2.49. The summed E-state index contributed by atoms with van der Waals surface area (Å²) in [4.78, 5) is 23.5. The minimum atomic E-state index is -0.751. The Morgan fingerprint density at radius 2 is 2.04 bits per heavy atom. The van der Waals surface area contributed by atoms with Gasteiger partial charge in [-0.15, -0.1) is 0 Å². The fourth-order valence-electron chi connectivity index (χ4n) is 2.09. The largest absolute Gasteiger partial charge is 0.451 e. The maximum absolute atomic E-state index is 13.6. The molecule has 5 nitrogen and oxygen atoms in total. The Bertz CT molecular complexity index is 728. The third-order valence-corrected chi connectivity index (χ3v) is 3.29. The van der Waals surface area contributed by atoms with Gasteiger partial charge in [0, 0.05) is 24.9 Å². The van der Waals surface area contributed by atoms with Gasteiger partial charge in [0.15, 0.2) is 6.61 Å². The van der Waals surface area contributed by atoms with Gasteiger partial charge in [-0.1, -0.05) is 6.07 Å². The van der Waals surface area contributed by atoms with Crippen LogP contribution >= 0.6 is 0 Å². The lowest BCUT2D eigenvalue weighted by Gasteiger charge is -2.15. The Labute approximate surface area is 131 Å². The summed E-state index contributed by atoms with van der Waals surface area (Å²) in [5.41, 5.74) is 0.462. The van der Waals surface area contributed by atoms with Gasteiger partial charge in [-0.3, -0.25) is 4.79 Å². The number of benzene rings is 1. The molecule has 2 aromatic rings. The van der Waals surface area contributed by atoms with Gasteiger partial charge in [-0.2, -0.15) is 0 Å². The van der Waals surface area contributed by atoms with E-state index in [1.165, 1.54) is 6.07 Å². The van der Waals surface area contributed by atoms with Crippen LogP contribution in [0.1, 0.15) is 29.0 Å². The maximum Gasteiger partial charge on any atom is 0.355 e. The first-order valence-electron chi connectivity index (χ1n) is 6.91. The number of hydrogen-bond donors (Lipinski definition) is 1. The average Bonchev–Trinajstić information content (AvgIpc) is 2.90. The predicted octanol–water partition coefficient (Wildman–Crippen LogP) is 2.34. The second kappa shape index (κ2) is 7.04. The van der Waals surface area contributed by atoms with Gasteiger partial charge in [-0.05, 0) is 25.1 Å². The maximum atomic E-state index is 13.6. The summed E-state index contributed by atoms with van der Waals surface area (Å²) in [6.07, 6.45) is 1.68. The summed E-state index contributed by atoms with van der Waals surface area (Å²) in [5.74, 6) is -2.66. The standard InChI is InChI=1S/C16H16F2N2O3/c1-10(12-6-5-11(17)8-13(12)18)19-15(21)9-23-16(22)14-4-3-7-20(14)2/h3-8,10H,9H2,1-2H3,(H,19,21)/t10-/m0/s1. The molecule has 1 atom stereocenters. The number of carbonyl (C=O) groups excluding carboxylic acids is 2. The lowest BCUT2D eigenvalue weighted by molar-refractivity contribution is -0.124. The first kappa shape index (κ1) is 16.7. The van der Waals surface area contributed by atoms with E-state index in [2.05, 4.69) is 5.32 Å². The van der Waals surface area contributed by atoms with Crippen LogP contribution < -0.4 is 5.32 Å². The van der Waals surface area contributed by atoms with Gasteiger partial charge in [0.05, 0.1) is 6.04 Å². The molecule has 1 N–H and O–H groups in total. The highest BCUT2D eigenvalue weighted by Crippen LogP contribution is 2.17. The van der Waals surface area contributed by atoms with Gasteiger partial charge >= 0.3 is 5.97 Å². The third-order valence-electron chi connectivity index (χ3n) is 3.29. The van der Waals surface area contributed by atoms with Crippen molar-refractivity contribution >= 4 is 11.9 Å². The summed E-state index contributed by atoms with van der Waals surface area (Å²) in [7, 11) is 1.68. The van der Waals surface area contributed by atoms with Gasteiger partial charge in [0.25, 0.3) is 5.91 Å². The van der Waals surface area contributed by atoms with E-state index in [4.69, 9.17) is 4.74 Å². The minimum absolute atomic E-state index is 0.147. The molecule has 0 aliphatic rings. The van der Waals surface area contributed by atoms with E-state index < -0.39 is 36.2 Å². The summed E-state index contributed by atoms with van der Waals surface area (Å²) in [6.45, 7) is 1.06. The number of halogens is 2. The van der Waals surface area contributed by atoms with Crippen molar-refractivity contribution in [2.24, 2.45) is 7.05 Å². The smallest absolute Gasteiger partial charge is 0.355 e. The molecule has 2 rings (SSSR count). The average molecular weight is 322 g/mol. The van der Waals surface area contributed by atoms with Crippen molar-refractivity contribution in [3.8, 4) is 0 Å². The number of aromatic nitrogens is 1. The summed E-state index contributed by atoms with van der Waals surface area (Å²) < 4.78 is 32.9. The van der Waals surface area contributed by atoms with Crippen LogP contribution in [-0.4, -0.2) is 23.1 Å². The Kier molecular flexibility index (Phi) is 5.10. The molecule has 0 unspecified atom stereocenters. The normalized spacial score (nSPS) is 11.8. The number of ether oxygens (including phenoxy) is 1. The van der Waals surface area contributed by atoms with E-state index in [1.807, 2.05) is 0 Å². The van der Waals surface area contributed by atoms with Gasteiger partial charge in [0.1, 0.15) is 17.3 Å². The molecule has 1 aromatic heterocycles. The summed E-state index contributed by atoms with van der Waals surface area (Å²) in [6, 6.07) is 5.67. The molecule has 0 fully saturated rings. The van der Waals surface area contributed by atoms with E-state index in [0.717, 1.165) is 12.1 Å². The van der Waals surface area contributed by atoms with Crippen LogP contribution in [0.4, 0.5) is 8.78 Å². The Morgan fingerprint density at radius 1 is 1.30 bits per heavy atom. The molecule has 1 heterocycles. The molecule has 0 aliphatic carbocycles. The third kappa shape index (κ3) is 4.15. The van der Waals surface area contributed by atoms with Crippen molar-refractivity contribution in [1.82, 2.24) is 9.88 Å². The molecule has 23 heavy (non-hydrogen) atoms. The van der Waals surface area contributed by atoms with Crippen molar-refractivity contribution in [2.75, 3.05) is 6.61 Å². The van der Waals surface area contributed by atoms with Crippen LogP contribution in [-0.2, 0) is 16.6 Å². The molecule has 0 saturated carbocycles. The van der Waals surface area contributed by atoms with Gasteiger partial charge < -0.3 is 14.6 Å². The molecule has 0 spiro atoms. The lowest BCUT2D eigenvalue weighted by Crippen LogP contribution is -2.31. The van der Waals surface area contributed by atoms with Crippen molar-refractivity contribution in [3.05, 3.63) is 59.4 Å². The van der Waals surface area contributed by atoms with Crippen molar-refractivity contribution < 1.29 is 23.1 Å². The first-order chi connectivity index (χ1) is 10.9. The number of aryl methyl sites for hydroxylation is 1. The van der Waals surface area contributed by atoms with E-state index in [9.17, 15) is 18.4 Å². The van der Waals surface area contributed by atoms with Crippen LogP contribution in [0.3, 0.4) is 0 Å². The molecule has 0 bridgehead atoms. The molecule has 1 amide bonds. The topological polar surface area (TPSA) is 60.3 Å². The van der Waals surface area contributed by atoms with Crippen molar-refractivity contribution in [2.45, 2.75) is 13.0 Å². The quantitative estimate of drug-likeness (QED) is 0.860. The zero-order chi connectivity index (χ0) is 17.0. The van der Waals surface area contributed by atoms with E-state index in [0.29, 0.717) is 5.69 Å². The highest BCUT2D eigenvalue weighted by molar-refractivity contribution is 5.90. The zero-order valence-corrected chi connectivity index (χ0v) is 12.7. The van der Waals surface area contributed by atoms with Crippen LogP contribution in [0.15, 0.2) is 36.5 Å². The molecular formula is C16H16F2N2O3. The molecule has 0 aliphatic heterocycles. The molecule has 0 radical (unpaired) electrons. The highest BCUT2D eigenvalue weighted by Gasteiger charge is 2.16. The molecular weight excluding hydrogens is 306 g/mol. The SMILES string of the molecule is C[C@H](NC(=O)COC(=O)c1cccn1C)c1ccc(F)cc1F. The molecule has 122 valence electrons. The number of esters is 1. The Balaban J connectivity index is 1.89. The van der Waals surface area contributed by atoms with E-state index >= 15 is 0 Å². The number of nitrogens with zero attached hydrogens (tertiary/aromatic N) is 1. The minimum Gasteiger partial charge on any atom is -0.451 e. The number of hydrogen-bond acceptors (Lipinski definition) is 3. The lowest BCUT2D eigenvalue weighted by atomic mass is 10.1. The number of carbonyl (C=O) groups is 2. The molecule has 7 heteroatoms. The number of rotatable bonds is 5. The fraction of sp³-hybridized carbons (Fsp3) is 0.250. The summed E-state index contributed by atoms with van der Waals surface area (Å²) >= 11 is 0. The molecule has 1 aromatic carbocycles. The fourth-order valence-corrected chi connectivity index (χ4v) is 2.09. The Morgan fingerprint density at radius 3 is 2.65 bits per heavy atom. The van der Waals surface area contributed by atoms with Crippen LogP contribution in [0.2, 0.25) is 0 Å². The second-order valence-electron chi connectivity index (χ2n) is 5.04. The second-order valence-corrected chi connectivity index (χ2v) is 5.04. The van der Waals surface area contributed by atoms with Crippen molar-refractivity contribution in [1.29, 1.82) is 0 Å². The van der Waals surface area contributed by atoms with Crippen LogP contribution in [0, 0.1) is 11.6 Å². The number of amides is 1. The van der Waals surface area contributed by atoms with Crippen LogP contribution in [0.25, 0.3) is 0 Å². The van der Waals surface area contributed by atoms with Crippen LogP contribution in [0.5, 0.6) is 0 Å². The van der Waals surface area contributed by atoms with E-state index in [-0.39, 0.29) is 5.56 Å². The van der Waals surface area contributed by atoms with Crippen molar-refractivity contribution in [3.63, 3.8) is 0 Å². The number of nitrogens with one attached hydrogen (secondary N) is 1. The Hall–Kier alpha value is -2.70.